The lowest BCUT2D eigenvalue weighted by atomic mass is 10.0. The van der Waals surface area contributed by atoms with E-state index in [1.54, 1.807) is 0 Å². The van der Waals surface area contributed by atoms with Gasteiger partial charge < -0.3 is 4.74 Å². The van der Waals surface area contributed by atoms with Crippen LogP contribution >= 0.6 is 15.9 Å². The SMILES string of the molecule is CCOC(=O)c1ccc(C2=C(Br)CCC2)cc1. The molecule has 0 aromatic heterocycles. The number of rotatable bonds is 3. The molecule has 0 aliphatic heterocycles. The third-order valence-corrected chi connectivity index (χ3v) is 3.77. The van der Waals surface area contributed by atoms with Crippen molar-refractivity contribution in [3.63, 3.8) is 0 Å². The number of carbonyl (C=O) groups is 1. The Balaban J connectivity index is 2.19. The van der Waals surface area contributed by atoms with Crippen LogP contribution in [0.4, 0.5) is 0 Å². The lowest BCUT2D eigenvalue weighted by molar-refractivity contribution is 0.0526. The van der Waals surface area contributed by atoms with Gasteiger partial charge in [0.05, 0.1) is 12.2 Å². The lowest BCUT2D eigenvalue weighted by Crippen LogP contribution is -2.04. The van der Waals surface area contributed by atoms with Crippen molar-refractivity contribution >= 4 is 27.5 Å². The molecule has 17 heavy (non-hydrogen) atoms. The maximum absolute atomic E-state index is 11.5. The Labute approximate surface area is 110 Å². The van der Waals surface area contributed by atoms with Crippen molar-refractivity contribution in [2.24, 2.45) is 0 Å². The molecular formula is C14H15BrO2. The van der Waals surface area contributed by atoms with Crippen LogP contribution in [0.25, 0.3) is 5.57 Å². The molecule has 0 bridgehead atoms. The molecule has 3 heteroatoms. The minimum atomic E-state index is -0.251. The molecule has 0 N–H and O–H groups in total. The van der Waals surface area contributed by atoms with Gasteiger partial charge >= 0.3 is 5.97 Å². The third-order valence-electron chi connectivity index (χ3n) is 2.89. The van der Waals surface area contributed by atoms with Gasteiger partial charge in [-0.15, -0.1) is 0 Å². The number of ether oxygens (including phenoxy) is 1. The largest absolute Gasteiger partial charge is 0.462 e. The second-order valence-corrected chi connectivity index (χ2v) is 4.99. The van der Waals surface area contributed by atoms with E-state index in [0.717, 1.165) is 12.8 Å². The zero-order valence-electron chi connectivity index (χ0n) is 9.83. The smallest absolute Gasteiger partial charge is 0.338 e. The maximum atomic E-state index is 11.5. The van der Waals surface area contributed by atoms with Gasteiger partial charge in [0.15, 0.2) is 0 Å². The predicted octanol–water partition coefficient (Wildman–Crippen LogP) is 4.15. The Bertz CT molecular complexity index is 446. The van der Waals surface area contributed by atoms with E-state index in [1.165, 1.54) is 22.0 Å². The summed E-state index contributed by atoms with van der Waals surface area (Å²) in [5.74, 6) is -0.251. The first-order valence-electron chi connectivity index (χ1n) is 5.87. The van der Waals surface area contributed by atoms with Crippen molar-refractivity contribution in [2.45, 2.75) is 26.2 Å². The first-order valence-corrected chi connectivity index (χ1v) is 6.66. The first kappa shape index (κ1) is 12.4. The molecule has 0 radical (unpaired) electrons. The van der Waals surface area contributed by atoms with Gasteiger partial charge in [-0.25, -0.2) is 4.79 Å². The van der Waals surface area contributed by atoms with E-state index < -0.39 is 0 Å². The van der Waals surface area contributed by atoms with Gasteiger partial charge in [-0.3, -0.25) is 0 Å². The van der Waals surface area contributed by atoms with E-state index in [0.29, 0.717) is 12.2 Å². The van der Waals surface area contributed by atoms with E-state index in [1.807, 2.05) is 31.2 Å². The van der Waals surface area contributed by atoms with Crippen molar-refractivity contribution < 1.29 is 9.53 Å². The molecule has 0 amide bonds. The topological polar surface area (TPSA) is 26.3 Å². The average molecular weight is 295 g/mol. The molecule has 2 rings (SSSR count). The highest BCUT2D eigenvalue weighted by Crippen LogP contribution is 2.36. The Morgan fingerprint density at radius 1 is 1.29 bits per heavy atom. The van der Waals surface area contributed by atoms with Crippen LogP contribution in [0.15, 0.2) is 28.7 Å². The Hall–Kier alpha value is -1.09. The van der Waals surface area contributed by atoms with E-state index in [2.05, 4.69) is 15.9 Å². The number of hydrogen-bond donors (Lipinski definition) is 0. The number of hydrogen-bond acceptors (Lipinski definition) is 2. The monoisotopic (exact) mass is 294 g/mol. The van der Waals surface area contributed by atoms with Crippen LogP contribution in [0.1, 0.15) is 42.1 Å². The van der Waals surface area contributed by atoms with Crippen molar-refractivity contribution in [1.82, 2.24) is 0 Å². The van der Waals surface area contributed by atoms with E-state index >= 15 is 0 Å². The molecule has 1 aromatic carbocycles. The van der Waals surface area contributed by atoms with Gasteiger partial charge in [0.2, 0.25) is 0 Å². The van der Waals surface area contributed by atoms with Crippen molar-refractivity contribution in [2.75, 3.05) is 6.61 Å². The molecule has 0 unspecified atom stereocenters. The molecule has 0 heterocycles. The fraction of sp³-hybridized carbons (Fsp3) is 0.357. The fourth-order valence-electron chi connectivity index (χ4n) is 2.03. The van der Waals surface area contributed by atoms with Crippen molar-refractivity contribution in [3.8, 4) is 0 Å². The minimum Gasteiger partial charge on any atom is -0.462 e. The highest BCUT2D eigenvalue weighted by Gasteiger charge is 2.14. The van der Waals surface area contributed by atoms with Gasteiger partial charge in [-0.05, 0) is 53.9 Å². The Kier molecular flexibility index (Phi) is 4.00. The summed E-state index contributed by atoms with van der Waals surface area (Å²) < 4.78 is 6.25. The predicted molar refractivity (Wildman–Crippen MR) is 72.1 cm³/mol. The number of allylic oxidation sites excluding steroid dienone is 2. The van der Waals surface area contributed by atoms with E-state index in [9.17, 15) is 4.79 Å². The molecular weight excluding hydrogens is 280 g/mol. The zero-order chi connectivity index (χ0) is 12.3. The molecule has 1 aromatic rings. The van der Waals surface area contributed by atoms with Crippen LogP contribution in [-0.2, 0) is 4.74 Å². The van der Waals surface area contributed by atoms with Crippen LogP contribution in [0.3, 0.4) is 0 Å². The normalized spacial score (nSPS) is 15.2. The maximum Gasteiger partial charge on any atom is 0.338 e. The standard InChI is InChI=1S/C14H15BrO2/c1-2-17-14(16)11-8-6-10(7-9-11)12-4-3-5-13(12)15/h6-9H,2-5H2,1H3. The highest BCUT2D eigenvalue weighted by atomic mass is 79.9. The summed E-state index contributed by atoms with van der Waals surface area (Å²) in [5.41, 5.74) is 3.17. The van der Waals surface area contributed by atoms with Crippen LogP contribution in [0, 0.1) is 0 Å². The van der Waals surface area contributed by atoms with Gasteiger partial charge in [0.1, 0.15) is 0 Å². The molecule has 0 saturated heterocycles. The molecule has 1 aliphatic carbocycles. The molecule has 0 spiro atoms. The molecule has 0 saturated carbocycles. The molecule has 90 valence electrons. The Morgan fingerprint density at radius 2 is 2.00 bits per heavy atom. The number of esters is 1. The summed E-state index contributed by atoms with van der Waals surface area (Å²) in [4.78, 5) is 11.5. The molecule has 0 fully saturated rings. The number of halogens is 1. The molecule has 1 aliphatic rings. The van der Waals surface area contributed by atoms with Crippen LogP contribution in [0.2, 0.25) is 0 Å². The second kappa shape index (κ2) is 5.50. The Morgan fingerprint density at radius 3 is 2.53 bits per heavy atom. The zero-order valence-corrected chi connectivity index (χ0v) is 11.4. The van der Waals surface area contributed by atoms with Gasteiger partial charge in [-0.2, -0.15) is 0 Å². The van der Waals surface area contributed by atoms with Crippen LogP contribution in [0.5, 0.6) is 0 Å². The third kappa shape index (κ3) is 2.78. The second-order valence-electron chi connectivity index (χ2n) is 4.03. The van der Waals surface area contributed by atoms with Crippen LogP contribution in [-0.4, -0.2) is 12.6 Å². The van der Waals surface area contributed by atoms with Crippen molar-refractivity contribution in [3.05, 3.63) is 39.9 Å². The lowest BCUT2D eigenvalue weighted by Gasteiger charge is -2.05. The molecule has 0 atom stereocenters. The number of carbonyl (C=O) groups excluding carboxylic acids is 1. The van der Waals surface area contributed by atoms with Gasteiger partial charge in [0, 0.05) is 0 Å². The van der Waals surface area contributed by atoms with E-state index in [4.69, 9.17) is 4.74 Å². The van der Waals surface area contributed by atoms with Gasteiger partial charge in [0.25, 0.3) is 0 Å². The van der Waals surface area contributed by atoms with Crippen molar-refractivity contribution in [1.29, 1.82) is 0 Å². The van der Waals surface area contributed by atoms with E-state index in [-0.39, 0.29) is 5.97 Å². The summed E-state index contributed by atoms with van der Waals surface area (Å²) in [6.45, 7) is 2.23. The summed E-state index contributed by atoms with van der Waals surface area (Å²) >= 11 is 3.60. The summed E-state index contributed by atoms with van der Waals surface area (Å²) in [5, 5.41) is 0. The average Bonchev–Trinajstić information content (AvgIpc) is 2.76. The number of benzene rings is 1. The van der Waals surface area contributed by atoms with Crippen LogP contribution < -0.4 is 0 Å². The summed E-state index contributed by atoms with van der Waals surface area (Å²) in [7, 11) is 0. The quantitative estimate of drug-likeness (QED) is 0.783. The minimum absolute atomic E-state index is 0.251. The summed E-state index contributed by atoms with van der Waals surface area (Å²) in [6, 6.07) is 7.65. The first-order chi connectivity index (χ1) is 8.22. The molecule has 2 nitrogen and oxygen atoms in total. The fourth-order valence-corrected chi connectivity index (χ4v) is 2.74. The highest BCUT2D eigenvalue weighted by molar-refractivity contribution is 9.11. The van der Waals surface area contributed by atoms with Gasteiger partial charge in [-0.1, -0.05) is 28.1 Å². The summed E-state index contributed by atoms with van der Waals surface area (Å²) in [6.07, 6.45) is 3.43.